The number of benzene rings is 1. The average Bonchev–Trinajstić information content (AvgIpc) is 2.44. The van der Waals surface area contributed by atoms with E-state index in [0.717, 1.165) is 50.9 Å². The lowest BCUT2D eigenvalue weighted by atomic mass is 9.74. The van der Waals surface area contributed by atoms with Crippen LogP contribution in [0.15, 0.2) is 18.2 Å². The van der Waals surface area contributed by atoms with Crippen molar-refractivity contribution in [3.63, 3.8) is 0 Å². The first-order valence-electron chi connectivity index (χ1n) is 7.04. The Labute approximate surface area is 117 Å². The van der Waals surface area contributed by atoms with Crippen molar-refractivity contribution in [1.82, 2.24) is 5.32 Å². The van der Waals surface area contributed by atoms with Gasteiger partial charge in [0.1, 0.15) is 0 Å². The van der Waals surface area contributed by atoms with Gasteiger partial charge < -0.3 is 10.6 Å². The van der Waals surface area contributed by atoms with E-state index in [-0.39, 0.29) is 5.91 Å². The van der Waals surface area contributed by atoms with Crippen LogP contribution in [0.2, 0.25) is 0 Å². The minimum Gasteiger partial charge on any atom is -0.326 e. The first-order chi connectivity index (χ1) is 9.57. The zero-order chi connectivity index (χ0) is 14.6. The molecule has 1 heterocycles. The molecule has 1 saturated heterocycles. The lowest BCUT2D eigenvalue weighted by molar-refractivity contribution is -0.127. The van der Waals surface area contributed by atoms with E-state index in [4.69, 9.17) is 0 Å². The van der Waals surface area contributed by atoms with Gasteiger partial charge in [-0.3, -0.25) is 4.79 Å². The van der Waals surface area contributed by atoms with Gasteiger partial charge in [0, 0.05) is 11.8 Å². The van der Waals surface area contributed by atoms with Gasteiger partial charge in [0.05, 0.1) is 5.41 Å². The molecule has 20 heavy (non-hydrogen) atoms. The van der Waals surface area contributed by atoms with Crippen LogP contribution >= 0.6 is 0 Å². The maximum Gasteiger partial charge on any atom is 0.230 e. The molecular formula is C15H20F2N2O. The summed E-state index contributed by atoms with van der Waals surface area (Å²) in [6.45, 7) is 3.67. The second-order valence-corrected chi connectivity index (χ2v) is 5.36. The van der Waals surface area contributed by atoms with Gasteiger partial charge in [-0.15, -0.1) is 0 Å². The summed E-state index contributed by atoms with van der Waals surface area (Å²) in [5, 5.41) is 5.98. The van der Waals surface area contributed by atoms with Crippen LogP contribution in [0.3, 0.4) is 0 Å². The van der Waals surface area contributed by atoms with E-state index in [0.29, 0.717) is 5.69 Å². The molecule has 1 aromatic carbocycles. The van der Waals surface area contributed by atoms with Gasteiger partial charge in [-0.05, 0) is 44.5 Å². The Kier molecular flexibility index (Phi) is 4.70. The molecule has 0 aliphatic carbocycles. The summed E-state index contributed by atoms with van der Waals surface area (Å²) in [6, 6.07) is 3.44. The molecule has 0 spiro atoms. The van der Waals surface area contributed by atoms with E-state index in [1.807, 2.05) is 0 Å². The summed E-state index contributed by atoms with van der Waals surface area (Å²) < 4.78 is 26.1. The standard InChI is InChI=1S/C15H20F2N2O/c1-2-5-15(6-8-18-9-7-15)14(20)19-11-3-4-12(16)13(17)10-11/h3-4,10,18H,2,5-9H2,1H3,(H,19,20). The second-order valence-electron chi connectivity index (χ2n) is 5.36. The fourth-order valence-electron chi connectivity index (χ4n) is 2.81. The Morgan fingerprint density at radius 3 is 2.60 bits per heavy atom. The summed E-state index contributed by atoms with van der Waals surface area (Å²) in [5.41, 5.74) is -0.0897. The molecule has 0 radical (unpaired) electrons. The number of carbonyl (C=O) groups excluding carboxylic acids is 1. The highest BCUT2D eigenvalue weighted by atomic mass is 19.2. The van der Waals surface area contributed by atoms with Crippen molar-refractivity contribution in [3.8, 4) is 0 Å². The number of nitrogens with one attached hydrogen (secondary N) is 2. The Morgan fingerprint density at radius 2 is 2.00 bits per heavy atom. The van der Waals surface area contributed by atoms with Crippen LogP contribution < -0.4 is 10.6 Å². The molecule has 1 aromatic rings. The Bertz CT molecular complexity index is 479. The number of rotatable bonds is 4. The van der Waals surface area contributed by atoms with Gasteiger partial charge >= 0.3 is 0 Å². The molecule has 3 nitrogen and oxygen atoms in total. The normalized spacial score (nSPS) is 17.8. The minimum atomic E-state index is -0.947. The van der Waals surface area contributed by atoms with E-state index in [1.165, 1.54) is 6.07 Å². The van der Waals surface area contributed by atoms with Crippen LogP contribution in [0.25, 0.3) is 0 Å². The van der Waals surface area contributed by atoms with Gasteiger partial charge in [0.25, 0.3) is 0 Å². The second kappa shape index (κ2) is 6.31. The van der Waals surface area contributed by atoms with Crippen molar-refractivity contribution < 1.29 is 13.6 Å². The number of anilines is 1. The van der Waals surface area contributed by atoms with Crippen LogP contribution in [-0.4, -0.2) is 19.0 Å². The third-order valence-electron chi connectivity index (χ3n) is 3.95. The van der Waals surface area contributed by atoms with Crippen LogP contribution in [0, 0.1) is 17.0 Å². The molecule has 0 bridgehead atoms. The number of amides is 1. The fourth-order valence-corrected chi connectivity index (χ4v) is 2.81. The number of carbonyl (C=O) groups is 1. The van der Waals surface area contributed by atoms with E-state index >= 15 is 0 Å². The molecule has 0 unspecified atom stereocenters. The lowest BCUT2D eigenvalue weighted by Crippen LogP contribution is -2.44. The monoisotopic (exact) mass is 282 g/mol. The predicted molar refractivity (Wildman–Crippen MR) is 74.4 cm³/mol. The van der Waals surface area contributed by atoms with Crippen molar-refractivity contribution >= 4 is 11.6 Å². The van der Waals surface area contributed by atoms with Crippen molar-refractivity contribution in [1.29, 1.82) is 0 Å². The maximum atomic E-state index is 13.2. The predicted octanol–water partition coefficient (Wildman–Crippen LogP) is 3.07. The molecule has 2 rings (SSSR count). The summed E-state index contributed by atoms with van der Waals surface area (Å²) >= 11 is 0. The molecule has 1 aliphatic heterocycles. The van der Waals surface area contributed by atoms with Gasteiger partial charge in [-0.25, -0.2) is 8.78 Å². The number of halogens is 2. The smallest absolute Gasteiger partial charge is 0.230 e. The SMILES string of the molecule is CCCC1(C(=O)Nc2ccc(F)c(F)c2)CCNCC1. The zero-order valence-corrected chi connectivity index (χ0v) is 11.6. The summed E-state index contributed by atoms with van der Waals surface area (Å²) in [5.74, 6) is -1.95. The molecule has 0 aromatic heterocycles. The van der Waals surface area contributed by atoms with Crippen LogP contribution in [0.4, 0.5) is 14.5 Å². The lowest BCUT2D eigenvalue weighted by Gasteiger charge is -2.36. The molecule has 1 fully saturated rings. The summed E-state index contributed by atoms with van der Waals surface area (Å²) in [6.07, 6.45) is 3.28. The minimum absolute atomic E-state index is 0.0909. The Morgan fingerprint density at radius 1 is 1.30 bits per heavy atom. The van der Waals surface area contributed by atoms with E-state index in [1.54, 1.807) is 0 Å². The van der Waals surface area contributed by atoms with Gasteiger partial charge in [0.2, 0.25) is 5.91 Å². The fraction of sp³-hybridized carbons (Fsp3) is 0.533. The van der Waals surface area contributed by atoms with Gasteiger partial charge in [0.15, 0.2) is 11.6 Å². The van der Waals surface area contributed by atoms with Crippen LogP contribution in [0.1, 0.15) is 32.6 Å². The Hall–Kier alpha value is -1.49. The first-order valence-corrected chi connectivity index (χ1v) is 7.04. The van der Waals surface area contributed by atoms with Crippen LogP contribution in [0.5, 0.6) is 0 Å². The van der Waals surface area contributed by atoms with E-state index in [2.05, 4.69) is 17.6 Å². The van der Waals surface area contributed by atoms with Crippen molar-refractivity contribution in [2.75, 3.05) is 18.4 Å². The third-order valence-corrected chi connectivity index (χ3v) is 3.95. The quantitative estimate of drug-likeness (QED) is 0.891. The molecule has 0 saturated carbocycles. The van der Waals surface area contributed by atoms with Gasteiger partial charge in [-0.1, -0.05) is 13.3 Å². The average molecular weight is 282 g/mol. The van der Waals surface area contributed by atoms with E-state index in [9.17, 15) is 13.6 Å². The molecule has 110 valence electrons. The van der Waals surface area contributed by atoms with E-state index < -0.39 is 17.0 Å². The summed E-state index contributed by atoms with van der Waals surface area (Å²) in [4.78, 5) is 12.5. The molecule has 2 N–H and O–H groups in total. The molecule has 1 amide bonds. The van der Waals surface area contributed by atoms with Crippen molar-refractivity contribution in [2.45, 2.75) is 32.6 Å². The molecule has 0 atom stereocenters. The highest BCUT2D eigenvalue weighted by Crippen LogP contribution is 2.35. The molecule has 1 aliphatic rings. The number of hydrogen-bond acceptors (Lipinski definition) is 2. The Balaban J connectivity index is 2.13. The van der Waals surface area contributed by atoms with Crippen LogP contribution in [-0.2, 0) is 4.79 Å². The zero-order valence-electron chi connectivity index (χ0n) is 11.6. The topological polar surface area (TPSA) is 41.1 Å². The van der Waals surface area contributed by atoms with Crippen molar-refractivity contribution in [3.05, 3.63) is 29.8 Å². The largest absolute Gasteiger partial charge is 0.326 e. The summed E-state index contributed by atoms with van der Waals surface area (Å²) in [7, 11) is 0. The number of piperidine rings is 1. The van der Waals surface area contributed by atoms with Crippen molar-refractivity contribution in [2.24, 2.45) is 5.41 Å². The third kappa shape index (κ3) is 3.15. The molecular weight excluding hydrogens is 262 g/mol. The number of hydrogen-bond donors (Lipinski definition) is 2. The maximum absolute atomic E-state index is 13.2. The highest BCUT2D eigenvalue weighted by molar-refractivity contribution is 5.95. The first kappa shape index (κ1) is 14.9. The highest BCUT2D eigenvalue weighted by Gasteiger charge is 2.38. The van der Waals surface area contributed by atoms with Gasteiger partial charge in [-0.2, -0.15) is 0 Å². The molecule has 5 heteroatoms.